The van der Waals surface area contributed by atoms with Crippen LogP contribution in [0.25, 0.3) is 0 Å². The molecule has 5 heteroatoms. The number of rotatable bonds is 9. The molecule has 0 fully saturated rings. The Morgan fingerprint density at radius 2 is 0.795 bits per heavy atom. The molecule has 0 radical (unpaired) electrons. The summed E-state index contributed by atoms with van der Waals surface area (Å²) in [5, 5.41) is 17.9. The highest BCUT2D eigenvalue weighted by atomic mass is 16.5. The first-order chi connectivity index (χ1) is 20.5. The number of benzene rings is 4. The maximum absolute atomic E-state index is 11.9. The molecule has 0 aliphatic carbocycles. The predicted molar refractivity (Wildman–Crippen MR) is 181 cm³/mol. The minimum absolute atomic E-state index is 0. The van der Waals surface area contributed by atoms with Gasteiger partial charge in [-0.05, 0) is 36.1 Å². The van der Waals surface area contributed by atoms with E-state index in [0.717, 1.165) is 22.3 Å². The molecule has 0 aliphatic heterocycles. The van der Waals surface area contributed by atoms with Crippen LogP contribution in [0, 0.1) is 11.8 Å². The Labute approximate surface area is 264 Å². The topological polar surface area (TPSA) is 83.8 Å². The number of carbonyl (C=O) groups is 2. The number of aliphatic carboxylic acids is 1. The first-order valence-corrected chi connectivity index (χ1v) is 14.8. The van der Waals surface area contributed by atoms with Gasteiger partial charge in [0.05, 0.1) is 17.9 Å². The van der Waals surface area contributed by atoms with Crippen molar-refractivity contribution in [2.24, 2.45) is 11.8 Å². The Morgan fingerprint density at radius 1 is 0.523 bits per heavy atom. The van der Waals surface area contributed by atoms with Crippen molar-refractivity contribution in [3.63, 3.8) is 0 Å². The van der Waals surface area contributed by atoms with E-state index in [9.17, 15) is 14.7 Å². The van der Waals surface area contributed by atoms with E-state index in [1.807, 2.05) is 100 Å². The van der Waals surface area contributed by atoms with E-state index in [-0.39, 0.29) is 49.3 Å². The van der Waals surface area contributed by atoms with Gasteiger partial charge < -0.3 is 14.9 Å². The predicted octanol–water partition coefficient (Wildman–Crippen LogP) is 8.97. The fourth-order valence-electron chi connectivity index (χ4n) is 4.51. The highest BCUT2D eigenvalue weighted by Gasteiger charge is 2.25. The third-order valence-corrected chi connectivity index (χ3v) is 6.85. The Morgan fingerprint density at radius 3 is 1.02 bits per heavy atom. The average Bonchev–Trinajstić information content (AvgIpc) is 3.00. The summed E-state index contributed by atoms with van der Waals surface area (Å²) in [6.45, 7) is 10.8. The van der Waals surface area contributed by atoms with Gasteiger partial charge >= 0.3 is 11.9 Å². The fourth-order valence-corrected chi connectivity index (χ4v) is 4.51. The molecule has 0 aromatic heterocycles. The van der Waals surface area contributed by atoms with Crippen LogP contribution in [0.15, 0.2) is 121 Å². The summed E-state index contributed by atoms with van der Waals surface area (Å²) in [6.07, 6.45) is -0.588. The molecule has 2 N–H and O–H groups in total. The standard InChI is InChI=1S/C19H22O2.C15H16O.C4H8O2.CH4/c1-14(2)19(20)21-15(3)18(16-10-6-4-7-11-16)17-12-8-5-9-13-17;1-12(16)15(13-8-4-2-5-9-13)14-10-6-3-7-11-14;1-3(2)4(5)6;/h4-15,18H,1-3H3;2-12,15-16H,1H3;3H,1-2H3,(H,5,6);1H4/t15-;12-;;/m00../s1. The summed E-state index contributed by atoms with van der Waals surface area (Å²) in [5.41, 5.74) is 4.63. The van der Waals surface area contributed by atoms with E-state index in [1.165, 1.54) is 0 Å². The van der Waals surface area contributed by atoms with E-state index in [2.05, 4.69) is 48.5 Å². The molecule has 0 unspecified atom stereocenters. The van der Waals surface area contributed by atoms with Crippen molar-refractivity contribution < 1.29 is 24.5 Å². The first-order valence-electron chi connectivity index (χ1n) is 14.8. The van der Waals surface area contributed by atoms with Crippen LogP contribution in [0.3, 0.4) is 0 Å². The average molecular weight is 599 g/mol. The van der Waals surface area contributed by atoms with Crippen molar-refractivity contribution in [3.8, 4) is 0 Å². The molecule has 236 valence electrons. The van der Waals surface area contributed by atoms with Crippen molar-refractivity contribution >= 4 is 11.9 Å². The van der Waals surface area contributed by atoms with Gasteiger partial charge in [0, 0.05) is 11.8 Å². The SMILES string of the molecule is C.CC(C)C(=O)O.CC(C)C(=O)O[C@@H](C)C(c1ccccc1)c1ccccc1.C[C@H](O)C(c1ccccc1)c1ccccc1. The minimum Gasteiger partial charge on any atom is -0.481 e. The molecular formula is C39H50O5. The number of aliphatic hydroxyl groups excluding tert-OH is 1. The summed E-state index contributed by atoms with van der Waals surface area (Å²) in [6, 6.07) is 40.6. The lowest BCUT2D eigenvalue weighted by Crippen LogP contribution is -2.25. The van der Waals surface area contributed by atoms with Crippen molar-refractivity contribution in [3.05, 3.63) is 144 Å². The van der Waals surface area contributed by atoms with E-state index < -0.39 is 5.97 Å². The third kappa shape index (κ3) is 12.6. The maximum atomic E-state index is 11.9. The number of carboxylic acids is 1. The molecule has 44 heavy (non-hydrogen) atoms. The molecule has 0 amide bonds. The summed E-state index contributed by atoms with van der Waals surface area (Å²) in [4.78, 5) is 21.6. The first kappa shape index (κ1) is 37.8. The number of aliphatic hydroxyl groups is 1. The third-order valence-electron chi connectivity index (χ3n) is 6.85. The van der Waals surface area contributed by atoms with Gasteiger partial charge in [-0.15, -0.1) is 0 Å². The van der Waals surface area contributed by atoms with E-state index in [4.69, 9.17) is 9.84 Å². The Hall–Kier alpha value is -4.22. The Kier molecular flexibility index (Phi) is 17.1. The monoisotopic (exact) mass is 598 g/mol. The van der Waals surface area contributed by atoms with Gasteiger partial charge in [-0.25, -0.2) is 0 Å². The highest BCUT2D eigenvalue weighted by Crippen LogP contribution is 2.30. The zero-order valence-electron chi connectivity index (χ0n) is 26.1. The molecule has 4 aromatic rings. The second-order valence-electron chi connectivity index (χ2n) is 11.1. The van der Waals surface area contributed by atoms with Crippen LogP contribution in [0.5, 0.6) is 0 Å². The number of hydrogen-bond acceptors (Lipinski definition) is 4. The van der Waals surface area contributed by atoms with Crippen molar-refractivity contribution in [1.29, 1.82) is 0 Å². The molecule has 0 bridgehead atoms. The fraction of sp³-hybridized carbons (Fsp3) is 0.333. The molecule has 5 nitrogen and oxygen atoms in total. The zero-order chi connectivity index (χ0) is 31.8. The maximum Gasteiger partial charge on any atom is 0.308 e. The molecule has 0 heterocycles. The molecule has 2 atom stereocenters. The van der Waals surface area contributed by atoms with Crippen molar-refractivity contribution in [1.82, 2.24) is 0 Å². The summed E-state index contributed by atoms with van der Waals surface area (Å²) >= 11 is 0. The van der Waals surface area contributed by atoms with E-state index in [0.29, 0.717) is 0 Å². The van der Waals surface area contributed by atoms with Crippen LogP contribution in [-0.2, 0) is 14.3 Å². The lowest BCUT2D eigenvalue weighted by Gasteiger charge is -2.25. The van der Waals surface area contributed by atoms with Gasteiger partial charge in [0.25, 0.3) is 0 Å². The molecule has 0 spiro atoms. The van der Waals surface area contributed by atoms with Gasteiger partial charge in [0.15, 0.2) is 0 Å². The van der Waals surface area contributed by atoms with Crippen molar-refractivity contribution in [2.75, 3.05) is 0 Å². The molecule has 0 aliphatic rings. The van der Waals surface area contributed by atoms with Crippen LogP contribution in [0.1, 0.15) is 83.1 Å². The quantitative estimate of drug-likeness (QED) is 0.188. The Bertz CT molecular complexity index is 1240. The second kappa shape index (κ2) is 19.9. The van der Waals surface area contributed by atoms with Gasteiger partial charge in [-0.2, -0.15) is 0 Å². The minimum atomic E-state index is -0.741. The smallest absolute Gasteiger partial charge is 0.308 e. The van der Waals surface area contributed by atoms with Gasteiger partial charge in [0.2, 0.25) is 0 Å². The van der Waals surface area contributed by atoms with Crippen LogP contribution >= 0.6 is 0 Å². The van der Waals surface area contributed by atoms with Gasteiger partial charge in [-0.3, -0.25) is 9.59 Å². The normalized spacial score (nSPS) is 11.8. The number of hydrogen-bond donors (Lipinski definition) is 2. The Balaban J connectivity index is 0.000000373. The number of ether oxygens (including phenoxy) is 1. The molecular weight excluding hydrogens is 548 g/mol. The molecule has 4 aromatic carbocycles. The van der Waals surface area contributed by atoms with E-state index in [1.54, 1.807) is 13.8 Å². The van der Waals surface area contributed by atoms with Crippen molar-refractivity contribution in [2.45, 2.75) is 73.0 Å². The van der Waals surface area contributed by atoms with Crippen LogP contribution in [0.2, 0.25) is 0 Å². The zero-order valence-corrected chi connectivity index (χ0v) is 26.1. The summed E-state index contributed by atoms with van der Waals surface area (Å²) in [7, 11) is 0. The lowest BCUT2D eigenvalue weighted by molar-refractivity contribution is -0.152. The van der Waals surface area contributed by atoms with Gasteiger partial charge in [0.1, 0.15) is 6.10 Å². The van der Waals surface area contributed by atoms with Gasteiger partial charge in [-0.1, -0.05) is 156 Å². The summed E-state index contributed by atoms with van der Waals surface area (Å²) < 4.78 is 5.64. The largest absolute Gasteiger partial charge is 0.481 e. The van der Waals surface area contributed by atoms with Crippen LogP contribution < -0.4 is 0 Å². The van der Waals surface area contributed by atoms with E-state index >= 15 is 0 Å². The molecule has 0 saturated heterocycles. The second-order valence-corrected chi connectivity index (χ2v) is 11.1. The number of carboxylic acid groups (broad SMARTS) is 1. The number of esters is 1. The summed E-state index contributed by atoms with van der Waals surface area (Å²) in [5.74, 6) is -1.13. The lowest BCUT2D eigenvalue weighted by atomic mass is 9.87. The number of carbonyl (C=O) groups excluding carboxylic acids is 1. The molecule has 4 rings (SSSR count). The molecule has 0 saturated carbocycles. The van der Waals surface area contributed by atoms with Crippen LogP contribution in [0.4, 0.5) is 0 Å². The van der Waals surface area contributed by atoms with Crippen LogP contribution in [-0.4, -0.2) is 34.4 Å². The highest BCUT2D eigenvalue weighted by molar-refractivity contribution is 5.71.